The lowest BCUT2D eigenvalue weighted by molar-refractivity contribution is -0.0496. The molecular weight excluding hydrogens is 591 g/mol. The summed E-state index contributed by atoms with van der Waals surface area (Å²) in [5.74, 6) is 1.04. The maximum atomic E-state index is 13.2. The minimum atomic E-state index is -5.40. The van der Waals surface area contributed by atoms with E-state index in [-0.39, 0.29) is 37.9 Å². The summed E-state index contributed by atoms with van der Waals surface area (Å²) in [6.07, 6.45) is 2.99. The number of carbonyl (C=O) groups excluding carboxylic acids is 1. The van der Waals surface area contributed by atoms with Crippen LogP contribution >= 0.6 is 11.6 Å². The number of alkyl halides is 3. The number of piperidine rings is 1. The fourth-order valence-electron chi connectivity index (χ4n) is 5.83. The summed E-state index contributed by atoms with van der Waals surface area (Å²) in [7, 11) is -5.40. The van der Waals surface area contributed by atoms with Crippen molar-refractivity contribution in [3.63, 3.8) is 0 Å². The van der Waals surface area contributed by atoms with Gasteiger partial charge in [-0.3, -0.25) is 4.79 Å². The van der Waals surface area contributed by atoms with Gasteiger partial charge in [-0.05, 0) is 66.6 Å². The Kier molecular flexibility index (Phi) is 7.20. The van der Waals surface area contributed by atoms with Gasteiger partial charge in [0.05, 0.1) is 11.0 Å². The molecule has 3 aromatic carbocycles. The van der Waals surface area contributed by atoms with Gasteiger partial charge in [0.1, 0.15) is 17.7 Å². The Morgan fingerprint density at radius 2 is 1.45 bits per heavy atom. The van der Waals surface area contributed by atoms with Crippen molar-refractivity contribution in [2.75, 3.05) is 13.1 Å². The van der Waals surface area contributed by atoms with Gasteiger partial charge in [0.25, 0.3) is 0 Å². The fourth-order valence-corrected chi connectivity index (χ4v) is 6.94. The van der Waals surface area contributed by atoms with Crippen LogP contribution in [0.3, 0.4) is 0 Å². The van der Waals surface area contributed by atoms with Crippen LogP contribution in [-0.2, 0) is 15.6 Å². The predicted octanol–water partition coefficient (Wildman–Crippen LogP) is 6.15. The van der Waals surface area contributed by atoms with E-state index in [1.165, 1.54) is 0 Å². The Morgan fingerprint density at radius 1 is 0.881 bits per heavy atom. The molecule has 1 unspecified atom stereocenters. The van der Waals surface area contributed by atoms with Gasteiger partial charge in [-0.25, -0.2) is 13.4 Å². The van der Waals surface area contributed by atoms with E-state index in [4.69, 9.17) is 16.6 Å². The van der Waals surface area contributed by atoms with Gasteiger partial charge >= 0.3 is 15.5 Å². The largest absolute Gasteiger partial charge is 0.511 e. The lowest BCUT2D eigenvalue weighted by atomic mass is 9.80. The zero-order valence-corrected chi connectivity index (χ0v) is 23.8. The highest BCUT2D eigenvalue weighted by Crippen LogP contribution is 2.45. The summed E-state index contributed by atoms with van der Waals surface area (Å²) >= 11 is 6.14. The normalized spacial score (nSPS) is 18.7. The molecule has 1 aliphatic carbocycles. The zero-order valence-electron chi connectivity index (χ0n) is 22.3. The molecule has 0 radical (unpaired) electrons. The highest BCUT2D eigenvalue weighted by atomic mass is 35.5. The van der Waals surface area contributed by atoms with Gasteiger partial charge in [0.15, 0.2) is 0 Å². The number of carbonyl (C=O) groups is 1. The highest BCUT2D eigenvalue weighted by molar-refractivity contribution is 7.90. The van der Waals surface area contributed by atoms with E-state index in [0.29, 0.717) is 42.6 Å². The number of nitrogens with zero attached hydrogens (tertiary/aromatic N) is 3. The van der Waals surface area contributed by atoms with Gasteiger partial charge in [-0.2, -0.15) is 17.5 Å². The van der Waals surface area contributed by atoms with E-state index in [0.717, 1.165) is 25.0 Å². The van der Waals surface area contributed by atoms with Crippen molar-refractivity contribution in [3.8, 4) is 0 Å². The van der Waals surface area contributed by atoms with Crippen LogP contribution in [0.25, 0.3) is 11.0 Å². The minimum Gasteiger partial charge on any atom is -0.376 e. The van der Waals surface area contributed by atoms with Crippen LogP contribution < -0.4 is 0 Å². The number of aldehydes is 1. The number of fused-ring (bicyclic) bond motifs is 1. The third-order valence-corrected chi connectivity index (χ3v) is 10.1. The molecule has 0 bridgehead atoms. The fraction of sp³-hybridized carbons (Fsp3) is 0.333. The van der Waals surface area contributed by atoms with E-state index in [1.807, 2.05) is 16.7 Å². The molecule has 2 heterocycles. The van der Waals surface area contributed by atoms with E-state index in [1.54, 1.807) is 54.6 Å². The molecule has 1 saturated carbocycles. The molecule has 1 aromatic heterocycles. The molecule has 6 rings (SSSR count). The molecule has 1 N–H and O–H groups in total. The molecule has 1 atom stereocenters. The number of aliphatic hydroxyl groups is 1. The molecule has 1 aliphatic heterocycles. The van der Waals surface area contributed by atoms with Crippen LogP contribution in [0.5, 0.6) is 0 Å². The quantitative estimate of drug-likeness (QED) is 0.198. The Bertz CT molecular complexity index is 1750. The number of hydrogen-bond acceptors (Lipinski definition) is 5. The minimum absolute atomic E-state index is 0.194. The zero-order chi connectivity index (χ0) is 29.9. The maximum Gasteiger partial charge on any atom is 0.511 e. The van der Waals surface area contributed by atoms with Crippen LogP contribution in [-0.4, -0.2) is 52.3 Å². The molecule has 12 heteroatoms. The average molecular weight is 618 g/mol. The summed E-state index contributed by atoms with van der Waals surface area (Å²) in [5.41, 5.74) is -3.54. The Morgan fingerprint density at radius 3 is 2.00 bits per heavy atom. The third-order valence-electron chi connectivity index (χ3n) is 8.22. The average Bonchev–Trinajstić information content (AvgIpc) is 3.76. The topological polar surface area (TPSA) is 92.5 Å². The lowest BCUT2D eigenvalue weighted by Gasteiger charge is -2.33. The van der Waals surface area contributed by atoms with Crippen LogP contribution in [0.2, 0.25) is 5.02 Å². The van der Waals surface area contributed by atoms with Crippen LogP contribution in [0.1, 0.15) is 70.5 Å². The molecule has 0 amide bonds. The predicted molar refractivity (Wildman–Crippen MR) is 152 cm³/mol. The molecule has 42 heavy (non-hydrogen) atoms. The van der Waals surface area contributed by atoms with Gasteiger partial charge in [0, 0.05) is 35.6 Å². The molecule has 7 nitrogen and oxygen atoms in total. The van der Waals surface area contributed by atoms with Gasteiger partial charge < -0.3 is 9.67 Å². The number of sulfonamides is 1. The van der Waals surface area contributed by atoms with Crippen LogP contribution in [0.4, 0.5) is 13.2 Å². The number of hydrogen-bond donors (Lipinski definition) is 1. The van der Waals surface area contributed by atoms with Crippen molar-refractivity contribution in [1.29, 1.82) is 0 Å². The number of imidazole rings is 1. The smallest absolute Gasteiger partial charge is 0.376 e. The Balaban J connectivity index is 1.45. The summed E-state index contributed by atoms with van der Waals surface area (Å²) < 4.78 is 66.1. The standard InChI is InChI=1S/C30H27ClF3N3O4S/c31-24-10-7-22(8-11-24)29(39,21-5-1-19(18-38)2-6-21)23-9-12-26-27(17-23)37(28(35-26)20-3-4-20)25-13-15-36(16-14-25)42(40,41)30(32,33)34/h1-2,5-12,17-18,20,25,39H,3-4,13-16H2. The Hall–Kier alpha value is -3.25. The summed E-state index contributed by atoms with van der Waals surface area (Å²) in [4.78, 5) is 16.2. The van der Waals surface area contributed by atoms with Crippen molar-refractivity contribution in [2.24, 2.45) is 0 Å². The summed E-state index contributed by atoms with van der Waals surface area (Å²) in [6.45, 7) is -0.512. The van der Waals surface area contributed by atoms with E-state index in [9.17, 15) is 31.5 Å². The number of benzene rings is 3. The van der Waals surface area contributed by atoms with Crippen LogP contribution in [0.15, 0.2) is 66.7 Å². The second-order valence-corrected chi connectivity index (χ2v) is 13.2. The van der Waals surface area contributed by atoms with E-state index < -0.39 is 21.1 Å². The van der Waals surface area contributed by atoms with E-state index in [2.05, 4.69) is 0 Å². The monoisotopic (exact) mass is 617 g/mol. The maximum absolute atomic E-state index is 13.2. The van der Waals surface area contributed by atoms with E-state index >= 15 is 0 Å². The molecule has 2 fully saturated rings. The van der Waals surface area contributed by atoms with Gasteiger partial charge in [-0.1, -0.05) is 54.1 Å². The SMILES string of the molecule is O=Cc1ccc(C(O)(c2ccc(Cl)cc2)c2ccc3nc(C4CC4)n(C4CCN(S(=O)(=O)C(F)(F)F)CC4)c3c2)cc1. The number of aromatic nitrogens is 2. The molecule has 220 valence electrons. The number of rotatable bonds is 7. The molecule has 2 aliphatic rings. The first kappa shape index (κ1) is 28.9. The lowest BCUT2D eigenvalue weighted by Crippen LogP contribution is -2.45. The van der Waals surface area contributed by atoms with Gasteiger partial charge in [-0.15, -0.1) is 0 Å². The van der Waals surface area contributed by atoms with Crippen molar-refractivity contribution < 1.29 is 31.5 Å². The summed E-state index contributed by atoms with van der Waals surface area (Å²) in [5, 5.41) is 12.9. The first-order valence-corrected chi connectivity index (χ1v) is 15.4. The molecule has 1 saturated heterocycles. The third kappa shape index (κ3) is 4.92. The van der Waals surface area contributed by atoms with Crippen molar-refractivity contribution in [3.05, 3.63) is 99.8 Å². The first-order valence-electron chi connectivity index (χ1n) is 13.6. The molecule has 4 aromatic rings. The molecule has 0 spiro atoms. The first-order chi connectivity index (χ1) is 19.9. The van der Waals surface area contributed by atoms with Crippen molar-refractivity contribution in [1.82, 2.24) is 13.9 Å². The number of halogens is 4. The second-order valence-electron chi connectivity index (χ2n) is 10.9. The Labute approximate surface area is 245 Å². The van der Waals surface area contributed by atoms with Gasteiger partial charge in [0.2, 0.25) is 0 Å². The summed E-state index contributed by atoms with van der Waals surface area (Å²) in [6, 6.07) is 18.6. The van der Waals surface area contributed by atoms with Crippen molar-refractivity contribution >= 4 is 38.9 Å². The molecular formula is C30H27ClF3N3O4S. The second kappa shape index (κ2) is 10.5. The van der Waals surface area contributed by atoms with Crippen LogP contribution in [0, 0.1) is 0 Å². The highest BCUT2D eigenvalue weighted by Gasteiger charge is 2.50. The van der Waals surface area contributed by atoms with Crippen molar-refractivity contribution in [2.45, 2.75) is 48.8 Å².